The molecule has 0 aliphatic heterocycles. The zero-order valence-electron chi connectivity index (χ0n) is 13.9. The average Bonchev–Trinajstić information content (AvgIpc) is 2.56. The standard InChI is InChI=1S/C14H12F2O2P2.2CH2F2/c1-19(17)11-7-3-5-9(15)13(11)14-10(16)6-4-8-12(14)20(2)18;2*2-1-3/h3-8H,1-2H3;2*1H2/q+2;;. The molecule has 0 heterocycles. The highest BCUT2D eigenvalue weighted by Crippen LogP contribution is 2.32. The van der Waals surface area contributed by atoms with Crippen LogP contribution in [0, 0.1) is 11.6 Å². The Bertz CT molecular complexity index is 692. The van der Waals surface area contributed by atoms with Crippen LogP contribution in [0.15, 0.2) is 36.4 Å². The summed E-state index contributed by atoms with van der Waals surface area (Å²) in [7, 11) is -3.70. The van der Waals surface area contributed by atoms with Crippen molar-refractivity contribution in [1.82, 2.24) is 0 Å². The van der Waals surface area contributed by atoms with Crippen LogP contribution in [-0.4, -0.2) is 27.2 Å². The maximum absolute atomic E-state index is 14.1. The molecule has 0 amide bonds. The molecule has 2 unspecified atom stereocenters. The molecule has 2 aromatic rings. The van der Waals surface area contributed by atoms with Gasteiger partial charge in [-0.2, -0.15) is 0 Å². The lowest BCUT2D eigenvalue weighted by atomic mass is 10.0. The molecule has 0 spiro atoms. The van der Waals surface area contributed by atoms with Crippen molar-refractivity contribution in [2.45, 2.75) is 0 Å². The highest BCUT2D eigenvalue weighted by atomic mass is 31.1. The summed E-state index contributed by atoms with van der Waals surface area (Å²) in [5.41, 5.74) is -0.121. The van der Waals surface area contributed by atoms with Gasteiger partial charge in [-0.3, -0.25) is 0 Å². The van der Waals surface area contributed by atoms with Gasteiger partial charge in [0.15, 0.2) is 0 Å². The molecule has 2 atom stereocenters. The second-order valence-electron chi connectivity index (χ2n) is 4.46. The first kappa shape index (κ1) is 24.2. The maximum Gasteiger partial charge on any atom is 0.374 e. The molecule has 2 aromatic carbocycles. The minimum atomic E-state index is -1.85. The number of hydrogen-bond acceptors (Lipinski definition) is 2. The van der Waals surface area contributed by atoms with Gasteiger partial charge in [0.05, 0.1) is 11.1 Å². The van der Waals surface area contributed by atoms with E-state index in [1.165, 1.54) is 49.7 Å². The Morgan fingerprint density at radius 1 is 0.692 bits per heavy atom. The van der Waals surface area contributed by atoms with E-state index < -0.39 is 41.1 Å². The second kappa shape index (κ2) is 12.6. The van der Waals surface area contributed by atoms with Gasteiger partial charge in [-0.15, -0.1) is 0 Å². The number of rotatable bonds is 3. The largest absolute Gasteiger partial charge is 0.374 e. The van der Waals surface area contributed by atoms with Gasteiger partial charge in [-0.25, -0.2) is 26.3 Å². The molecule has 10 heteroatoms. The number of hydrogen-bond donors (Lipinski definition) is 0. The van der Waals surface area contributed by atoms with Crippen LogP contribution in [0.3, 0.4) is 0 Å². The minimum absolute atomic E-state index is 0.0607. The fourth-order valence-electron chi connectivity index (χ4n) is 2.05. The first-order valence-electron chi connectivity index (χ1n) is 6.89. The predicted molar refractivity (Wildman–Crippen MR) is 92.3 cm³/mol. The summed E-state index contributed by atoms with van der Waals surface area (Å²) in [4.78, 5) is 0. The Morgan fingerprint density at radius 2 is 0.962 bits per heavy atom. The Morgan fingerprint density at radius 3 is 1.19 bits per heavy atom. The fourth-order valence-corrected chi connectivity index (χ4v) is 3.70. The van der Waals surface area contributed by atoms with Crippen molar-refractivity contribution in [3.8, 4) is 11.1 Å². The minimum Gasteiger partial charge on any atom is -0.214 e. The van der Waals surface area contributed by atoms with Gasteiger partial charge in [0.1, 0.15) is 25.0 Å². The predicted octanol–water partition coefficient (Wildman–Crippen LogP) is 5.56. The molecule has 26 heavy (non-hydrogen) atoms. The SMILES string of the molecule is C[P+](=O)c1cccc(F)c1-c1c(F)cccc1[P+](C)=O.FCF.FCF. The van der Waals surface area contributed by atoms with E-state index in [0.717, 1.165) is 0 Å². The lowest BCUT2D eigenvalue weighted by Gasteiger charge is -2.05. The first-order valence-corrected chi connectivity index (χ1v) is 10.3. The van der Waals surface area contributed by atoms with Crippen molar-refractivity contribution in [2.75, 3.05) is 27.2 Å². The fraction of sp³-hybridized carbons (Fsp3) is 0.250. The monoisotopic (exact) mass is 416 g/mol. The van der Waals surface area contributed by atoms with Crippen molar-refractivity contribution in [1.29, 1.82) is 0 Å². The number of alkyl halides is 4. The first-order chi connectivity index (χ1) is 12.3. The van der Waals surface area contributed by atoms with E-state index in [4.69, 9.17) is 0 Å². The molecule has 2 rings (SSSR count). The lowest BCUT2D eigenvalue weighted by Crippen LogP contribution is -2.12. The molecule has 0 saturated carbocycles. The highest BCUT2D eigenvalue weighted by Gasteiger charge is 2.31. The topological polar surface area (TPSA) is 34.1 Å². The van der Waals surface area contributed by atoms with E-state index in [0.29, 0.717) is 0 Å². The van der Waals surface area contributed by atoms with Crippen molar-refractivity contribution >= 4 is 26.2 Å². The maximum atomic E-state index is 14.1. The van der Waals surface area contributed by atoms with E-state index in [9.17, 15) is 35.5 Å². The van der Waals surface area contributed by atoms with Crippen LogP contribution in [-0.2, 0) is 9.13 Å². The van der Waals surface area contributed by atoms with Crippen molar-refractivity contribution in [2.24, 2.45) is 0 Å². The smallest absolute Gasteiger partial charge is 0.214 e. The van der Waals surface area contributed by atoms with E-state index >= 15 is 0 Å². The van der Waals surface area contributed by atoms with Gasteiger partial charge in [-0.05, 0) is 24.3 Å². The van der Waals surface area contributed by atoms with Crippen LogP contribution in [0.5, 0.6) is 0 Å². The van der Waals surface area contributed by atoms with Gasteiger partial charge in [-0.1, -0.05) is 21.3 Å². The van der Waals surface area contributed by atoms with Crippen LogP contribution in [0.4, 0.5) is 26.3 Å². The third-order valence-electron chi connectivity index (χ3n) is 2.91. The van der Waals surface area contributed by atoms with Gasteiger partial charge in [0.25, 0.3) is 0 Å². The van der Waals surface area contributed by atoms with Gasteiger partial charge >= 0.3 is 15.6 Å². The molecule has 0 bridgehead atoms. The molecule has 2 nitrogen and oxygen atoms in total. The normalized spacial score (nSPS) is 10.8. The Hall–Kier alpha value is -1.78. The second-order valence-corrected chi connectivity index (χ2v) is 7.42. The third kappa shape index (κ3) is 6.85. The number of halogens is 6. The Kier molecular flexibility index (Phi) is 11.7. The van der Waals surface area contributed by atoms with Crippen molar-refractivity contribution in [3.63, 3.8) is 0 Å². The summed E-state index contributed by atoms with van der Waals surface area (Å²) in [6, 6.07) is 8.20. The van der Waals surface area contributed by atoms with Gasteiger partial charge in [0.2, 0.25) is 24.5 Å². The summed E-state index contributed by atoms with van der Waals surface area (Å²) >= 11 is 0. The van der Waals surface area contributed by atoms with E-state index in [2.05, 4.69) is 0 Å². The third-order valence-corrected chi connectivity index (χ3v) is 5.01. The molecule has 0 saturated heterocycles. The van der Waals surface area contributed by atoms with E-state index in [1.54, 1.807) is 0 Å². The molecule has 0 aromatic heterocycles. The summed E-state index contributed by atoms with van der Waals surface area (Å²) in [5, 5.41) is 0.450. The molecular weight excluding hydrogens is 400 g/mol. The zero-order chi connectivity index (χ0) is 20.3. The van der Waals surface area contributed by atoms with Gasteiger partial charge in [0, 0.05) is 0 Å². The molecule has 0 aliphatic carbocycles. The summed E-state index contributed by atoms with van der Waals surface area (Å²) in [6.07, 6.45) is 0. The number of benzene rings is 2. The van der Waals surface area contributed by atoms with E-state index in [1.807, 2.05) is 0 Å². The van der Waals surface area contributed by atoms with Crippen LogP contribution in [0.25, 0.3) is 11.1 Å². The average molecular weight is 416 g/mol. The molecule has 0 fully saturated rings. The lowest BCUT2D eigenvalue weighted by molar-refractivity contribution is 0.295. The molecule has 0 N–H and O–H groups in total. The highest BCUT2D eigenvalue weighted by molar-refractivity contribution is 7.53. The summed E-state index contributed by atoms with van der Waals surface area (Å²) in [5.74, 6) is -1.34. The Balaban J connectivity index is 0.000000918. The van der Waals surface area contributed by atoms with Crippen LogP contribution in [0.1, 0.15) is 0 Å². The molecule has 0 aliphatic rings. The summed E-state index contributed by atoms with van der Waals surface area (Å²) in [6.45, 7) is -0.639. The van der Waals surface area contributed by atoms with E-state index in [-0.39, 0.29) is 21.7 Å². The van der Waals surface area contributed by atoms with Crippen LogP contribution >= 0.6 is 15.6 Å². The molecular formula is C16H16F6O2P2+2. The quantitative estimate of drug-likeness (QED) is 0.485. The zero-order valence-corrected chi connectivity index (χ0v) is 15.6. The van der Waals surface area contributed by atoms with Crippen molar-refractivity contribution < 1.29 is 35.5 Å². The summed E-state index contributed by atoms with van der Waals surface area (Å²) < 4.78 is 90.3. The van der Waals surface area contributed by atoms with Crippen molar-refractivity contribution in [3.05, 3.63) is 48.0 Å². The Labute approximate surface area is 148 Å². The molecule has 0 radical (unpaired) electrons. The molecule has 142 valence electrons. The van der Waals surface area contributed by atoms with Crippen LogP contribution in [0.2, 0.25) is 0 Å². The van der Waals surface area contributed by atoms with Gasteiger partial charge < -0.3 is 0 Å². The van der Waals surface area contributed by atoms with Crippen LogP contribution < -0.4 is 10.6 Å².